The van der Waals surface area contributed by atoms with Gasteiger partial charge >= 0.3 is 0 Å². The van der Waals surface area contributed by atoms with Crippen molar-refractivity contribution in [1.82, 2.24) is 4.98 Å². The lowest BCUT2D eigenvalue weighted by Crippen LogP contribution is -1.91. The van der Waals surface area contributed by atoms with E-state index in [1.165, 1.54) is 18.4 Å². The molecule has 0 unspecified atom stereocenters. The molecule has 1 fully saturated rings. The maximum atomic E-state index is 6.04. The van der Waals surface area contributed by atoms with Crippen molar-refractivity contribution in [2.45, 2.75) is 18.8 Å². The summed E-state index contributed by atoms with van der Waals surface area (Å²) in [7, 11) is 0. The first-order valence-electron chi connectivity index (χ1n) is 6.76. The number of hydrogen-bond acceptors (Lipinski definition) is 4. The molecule has 4 N–H and O–H groups in total. The number of pyridine rings is 1. The summed E-state index contributed by atoms with van der Waals surface area (Å²) in [5.41, 5.74) is 16.4. The minimum atomic E-state index is 0.257. The molecule has 1 aromatic carbocycles. The third-order valence-electron chi connectivity index (χ3n) is 3.91. The number of nitrogens with two attached hydrogens (primary N) is 2. The Hall–Kier alpha value is -2.49. The molecule has 4 rings (SSSR count). The summed E-state index contributed by atoms with van der Waals surface area (Å²) >= 11 is 0. The van der Waals surface area contributed by atoms with Crippen LogP contribution in [0.4, 0.5) is 11.6 Å². The molecule has 2 aromatic heterocycles. The van der Waals surface area contributed by atoms with Gasteiger partial charge in [-0.05, 0) is 29.9 Å². The van der Waals surface area contributed by atoms with Crippen LogP contribution in [0.3, 0.4) is 0 Å². The molecule has 20 heavy (non-hydrogen) atoms. The average Bonchev–Trinajstić information content (AvgIpc) is 3.27. The summed E-state index contributed by atoms with van der Waals surface area (Å²) in [5, 5.41) is 0.852. The third kappa shape index (κ3) is 1.65. The van der Waals surface area contributed by atoms with E-state index in [9.17, 15) is 0 Å². The Morgan fingerprint density at radius 3 is 2.80 bits per heavy atom. The van der Waals surface area contributed by atoms with E-state index >= 15 is 0 Å². The quantitative estimate of drug-likeness (QED) is 0.743. The van der Waals surface area contributed by atoms with Crippen molar-refractivity contribution in [1.29, 1.82) is 0 Å². The second kappa shape index (κ2) is 4.00. The largest absolute Gasteiger partial charge is 0.437 e. The summed E-state index contributed by atoms with van der Waals surface area (Å²) in [6.45, 7) is 0. The number of rotatable bonds is 2. The van der Waals surface area contributed by atoms with Crippen molar-refractivity contribution in [2.75, 3.05) is 11.5 Å². The van der Waals surface area contributed by atoms with E-state index in [4.69, 9.17) is 15.9 Å². The summed E-state index contributed by atoms with van der Waals surface area (Å²) < 4.78 is 5.44. The summed E-state index contributed by atoms with van der Waals surface area (Å²) in [6.07, 6.45) is 6.04. The van der Waals surface area contributed by atoms with Crippen LogP contribution >= 0.6 is 0 Å². The molecule has 0 aliphatic heterocycles. The molecule has 0 spiro atoms. The molecular formula is C16H15N3O. The number of nitrogen functional groups attached to an aromatic ring is 2. The van der Waals surface area contributed by atoms with Gasteiger partial charge in [0.2, 0.25) is 5.88 Å². The maximum Gasteiger partial charge on any atom is 0.214 e. The summed E-state index contributed by atoms with van der Waals surface area (Å²) in [5.74, 6) is 0.974. The predicted octanol–water partition coefficient (Wildman–Crippen LogP) is 3.54. The van der Waals surface area contributed by atoms with Gasteiger partial charge in [0.05, 0.1) is 11.6 Å². The number of fused-ring (bicyclic) bond motifs is 1. The summed E-state index contributed by atoms with van der Waals surface area (Å²) in [4.78, 5) is 4.23. The standard InChI is InChI=1S/C16H15N3O/c17-15-14-12(7-19-8-13(14)20-16(15)18)11-3-1-2-10(6-11)9-4-5-9/h1-3,6-9H,4-5,17-18H2. The SMILES string of the molecule is Nc1oc2cncc(-c3cccc(C4CC4)c3)c2c1N. The van der Waals surface area contributed by atoms with Crippen LogP contribution in [-0.4, -0.2) is 4.98 Å². The van der Waals surface area contributed by atoms with Gasteiger partial charge in [0.25, 0.3) is 0 Å². The van der Waals surface area contributed by atoms with Crippen LogP contribution in [0, 0.1) is 0 Å². The number of anilines is 2. The van der Waals surface area contributed by atoms with Gasteiger partial charge in [-0.15, -0.1) is 0 Å². The Kier molecular flexibility index (Phi) is 2.27. The van der Waals surface area contributed by atoms with Crippen molar-refractivity contribution < 1.29 is 4.42 Å². The second-order valence-electron chi connectivity index (χ2n) is 5.34. The Bertz CT molecular complexity index is 803. The van der Waals surface area contributed by atoms with E-state index in [0.717, 1.165) is 16.5 Å². The first-order chi connectivity index (χ1) is 9.74. The Labute approximate surface area is 116 Å². The topological polar surface area (TPSA) is 78.1 Å². The molecule has 2 heterocycles. The van der Waals surface area contributed by atoms with E-state index in [-0.39, 0.29) is 5.88 Å². The van der Waals surface area contributed by atoms with E-state index in [2.05, 4.69) is 29.2 Å². The number of nitrogens with zero attached hydrogens (tertiary/aromatic N) is 1. The second-order valence-corrected chi connectivity index (χ2v) is 5.34. The molecule has 0 atom stereocenters. The van der Waals surface area contributed by atoms with Crippen molar-refractivity contribution in [3.8, 4) is 11.1 Å². The molecule has 0 saturated heterocycles. The first-order valence-corrected chi connectivity index (χ1v) is 6.76. The minimum absolute atomic E-state index is 0.257. The van der Waals surface area contributed by atoms with Gasteiger partial charge < -0.3 is 15.9 Å². The molecule has 0 radical (unpaired) electrons. The minimum Gasteiger partial charge on any atom is -0.437 e. The van der Waals surface area contributed by atoms with Crippen LogP contribution in [0.2, 0.25) is 0 Å². The Morgan fingerprint density at radius 2 is 2.00 bits per heavy atom. The fourth-order valence-electron chi connectivity index (χ4n) is 2.69. The van der Waals surface area contributed by atoms with Crippen LogP contribution in [0.15, 0.2) is 41.1 Å². The van der Waals surface area contributed by atoms with Crippen LogP contribution < -0.4 is 11.5 Å². The van der Waals surface area contributed by atoms with Crippen molar-refractivity contribution in [3.05, 3.63) is 42.2 Å². The summed E-state index contributed by atoms with van der Waals surface area (Å²) in [6, 6.07) is 8.56. The average molecular weight is 265 g/mol. The fraction of sp³-hybridized carbons (Fsp3) is 0.188. The zero-order valence-corrected chi connectivity index (χ0v) is 11.0. The Balaban J connectivity index is 1.95. The first kappa shape index (κ1) is 11.3. The van der Waals surface area contributed by atoms with Gasteiger partial charge in [-0.3, -0.25) is 4.98 Å². The number of aromatic nitrogens is 1. The lowest BCUT2D eigenvalue weighted by atomic mass is 9.99. The van der Waals surface area contributed by atoms with Gasteiger partial charge in [-0.2, -0.15) is 0 Å². The van der Waals surface area contributed by atoms with Crippen LogP contribution in [0.1, 0.15) is 24.3 Å². The fourth-order valence-corrected chi connectivity index (χ4v) is 2.69. The molecule has 0 bridgehead atoms. The zero-order chi connectivity index (χ0) is 13.7. The van der Waals surface area contributed by atoms with Crippen molar-refractivity contribution in [3.63, 3.8) is 0 Å². The van der Waals surface area contributed by atoms with Gasteiger partial charge in [-0.25, -0.2) is 0 Å². The number of hydrogen-bond donors (Lipinski definition) is 2. The molecule has 100 valence electrons. The molecule has 4 nitrogen and oxygen atoms in total. The van der Waals surface area contributed by atoms with E-state index in [0.29, 0.717) is 17.2 Å². The number of benzene rings is 1. The molecule has 4 heteroatoms. The van der Waals surface area contributed by atoms with Crippen LogP contribution in [-0.2, 0) is 0 Å². The lowest BCUT2D eigenvalue weighted by molar-refractivity contribution is 0.637. The maximum absolute atomic E-state index is 6.04. The normalized spacial score (nSPS) is 14.8. The Morgan fingerprint density at radius 1 is 1.15 bits per heavy atom. The molecule has 1 aliphatic carbocycles. The van der Waals surface area contributed by atoms with E-state index in [1.54, 1.807) is 6.20 Å². The predicted molar refractivity (Wildman–Crippen MR) is 80.2 cm³/mol. The van der Waals surface area contributed by atoms with Gasteiger partial charge in [0, 0.05) is 11.8 Å². The highest BCUT2D eigenvalue weighted by Gasteiger charge is 2.24. The molecule has 3 aromatic rings. The zero-order valence-electron chi connectivity index (χ0n) is 11.0. The van der Waals surface area contributed by atoms with Crippen LogP contribution in [0.5, 0.6) is 0 Å². The van der Waals surface area contributed by atoms with Gasteiger partial charge in [0.1, 0.15) is 5.69 Å². The highest BCUT2D eigenvalue weighted by molar-refractivity contribution is 6.04. The molecule has 1 aliphatic rings. The molecule has 0 amide bonds. The highest BCUT2D eigenvalue weighted by atomic mass is 16.3. The monoisotopic (exact) mass is 265 g/mol. The van der Waals surface area contributed by atoms with Crippen molar-refractivity contribution in [2.24, 2.45) is 0 Å². The van der Waals surface area contributed by atoms with E-state index < -0.39 is 0 Å². The molecular weight excluding hydrogens is 250 g/mol. The van der Waals surface area contributed by atoms with Gasteiger partial charge in [0.15, 0.2) is 5.58 Å². The van der Waals surface area contributed by atoms with E-state index in [1.807, 2.05) is 6.20 Å². The smallest absolute Gasteiger partial charge is 0.214 e. The van der Waals surface area contributed by atoms with Gasteiger partial charge in [-0.1, -0.05) is 24.3 Å². The molecule has 1 saturated carbocycles. The third-order valence-corrected chi connectivity index (χ3v) is 3.91. The van der Waals surface area contributed by atoms with Crippen LogP contribution in [0.25, 0.3) is 22.1 Å². The lowest BCUT2D eigenvalue weighted by Gasteiger charge is -2.06. The van der Waals surface area contributed by atoms with Crippen molar-refractivity contribution >= 4 is 22.5 Å². The highest BCUT2D eigenvalue weighted by Crippen LogP contribution is 2.42. The number of furan rings is 1.